The number of anilines is 2. The number of nitrogens with one attached hydrogen (secondary N) is 2. The van der Waals surface area contributed by atoms with Crippen molar-refractivity contribution in [1.82, 2.24) is 0 Å². The molecule has 2 aromatic carbocycles. The Kier molecular flexibility index (Phi) is 7.45. The normalized spacial score (nSPS) is 10.8. The molecule has 0 atom stereocenters. The fourth-order valence-corrected chi connectivity index (χ4v) is 2.30. The van der Waals surface area contributed by atoms with E-state index >= 15 is 0 Å². The molecule has 0 bridgehead atoms. The summed E-state index contributed by atoms with van der Waals surface area (Å²) in [6, 6.07) is 16.2. The molecule has 0 unspecified atom stereocenters. The second kappa shape index (κ2) is 9.82. The van der Waals surface area contributed by atoms with Crippen molar-refractivity contribution in [2.24, 2.45) is 5.92 Å². The molecule has 0 saturated carbocycles. The Morgan fingerprint density at radius 3 is 2.12 bits per heavy atom. The van der Waals surface area contributed by atoms with Gasteiger partial charge in [0.25, 0.3) is 0 Å². The summed E-state index contributed by atoms with van der Waals surface area (Å²) in [6.45, 7) is 10.8. The van der Waals surface area contributed by atoms with Gasteiger partial charge in [-0.05, 0) is 56.2 Å². The highest BCUT2D eigenvalue weighted by Crippen LogP contribution is 2.18. The number of benzene rings is 2. The molecule has 2 N–H and O–H groups in total. The van der Waals surface area contributed by atoms with E-state index in [1.165, 1.54) is 0 Å². The molecule has 0 aliphatic rings. The van der Waals surface area contributed by atoms with Gasteiger partial charge in [-0.2, -0.15) is 0 Å². The molecule has 25 heavy (non-hydrogen) atoms. The summed E-state index contributed by atoms with van der Waals surface area (Å²) in [6.07, 6.45) is 0.197. The van der Waals surface area contributed by atoms with Crippen LogP contribution in [0.15, 0.2) is 48.5 Å². The number of hydrogen-bond acceptors (Lipinski definition) is 4. The van der Waals surface area contributed by atoms with Gasteiger partial charge in [0.05, 0.1) is 12.7 Å². The zero-order chi connectivity index (χ0) is 18.1. The molecule has 2 aromatic rings. The van der Waals surface area contributed by atoms with E-state index in [9.17, 15) is 0 Å². The molecule has 0 heterocycles. The SMILES string of the molecule is CC(C)COc1cccc(NCCNc2ccc(OC(C)C)cc2)c1. The van der Waals surface area contributed by atoms with Crippen molar-refractivity contribution in [1.29, 1.82) is 0 Å². The van der Waals surface area contributed by atoms with E-state index in [2.05, 4.69) is 30.5 Å². The van der Waals surface area contributed by atoms with E-state index in [1.807, 2.05) is 56.3 Å². The molecule has 4 heteroatoms. The molecule has 4 nitrogen and oxygen atoms in total. The summed E-state index contributed by atoms with van der Waals surface area (Å²) in [7, 11) is 0. The quantitative estimate of drug-likeness (QED) is 0.594. The Bertz CT molecular complexity index is 624. The first-order chi connectivity index (χ1) is 12.0. The molecule has 0 saturated heterocycles. The minimum Gasteiger partial charge on any atom is -0.493 e. The maximum Gasteiger partial charge on any atom is 0.121 e. The minimum atomic E-state index is 0.197. The average molecular weight is 342 g/mol. The molecule has 0 fully saturated rings. The van der Waals surface area contributed by atoms with Crippen molar-refractivity contribution in [3.05, 3.63) is 48.5 Å². The predicted molar refractivity (Wildman–Crippen MR) is 106 cm³/mol. The molecular weight excluding hydrogens is 312 g/mol. The van der Waals surface area contributed by atoms with Gasteiger partial charge in [-0.25, -0.2) is 0 Å². The second-order valence-corrected chi connectivity index (χ2v) is 6.78. The third kappa shape index (κ3) is 7.38. The maximum absolute atomic E-state index is 5.75. The Labute approximate surface area is 151 Å². The van der Waals surface area contributed by atoms with Crippen LogP contribution in [0.25, 0.3) is 0 Å². The molecule has 0 spiro atoms. The van der Waals surface area contributed by atoms with Crippen LogP contribution in [0.3, 0.4) is 0 Å². The first kappa shape index (κ1) is 19.0. The van der Waals surface area contributed by atoms with Gasteiger partial charge >= 0.3 is 0 Å². The fraction of sp³-hybridized carbons (Fsp3) is 0.429. The lowest BCUT2D eigenvalue weighted by molar-refractivity contribution is 0.242. The van der Waals surface area contributed by atoms with Gasteiger partial charge in [0, 0.05) is 30.5 Å². The van der Waals surface area contributed by atoms with Crippen molar-refractivity contribution in [3.63, 3.8) is 0 Å². The zero-order valence-corrected chi connectivity index (χ0v) is 15.7. The maximum atomic E-state index is 5.75. The summed E-state index contributed by atoms with van der Waals surface area (Å²) in [4.78, 5) is 0. The van der Waals surface area contributed by atoms with E-state index < -0.39 is 0 Å². The predicted octanol–water partition coefficient (Wildman–Crippen LogP) is 5.03. The van der Waals surface area contributed by atoms with Crippen molar-refractivity contribution in [2.75, 3.05) is 30.3 Å². The van der Waals surface area contributed by atoms with Gasteiger partial charge in [-0.15, -0.1) is 0 Å². The van der Waals surface area contributed by atoms with E-state index in [0.717, 1.165) is 42.6 Å². The summed E-state index contributed by atoms with van der Waals surface area (Å²) in [5.41, 5.74) is 2.16. The van der Waals surface area contributed by atoms with Crippen molar-refractivity contribution >= 4 is 11.4 Å². The molecular formula is C21H30N2O2. The molecule has 0 aliphatic carbocycles. The van der Waals surface area contributed by atoms with E-state index in [-0.39, 0.29) is 6.10 Å². The monoisotopic (exact) mass is 342 g/mol. The standard InChI is InChI=1S/C21H30N2O2/c1-16(2)15-24-21-7-5-6-19(14-21)23-13-12-22-18-8-10-20(11-9-18)25-17(3)4/h5-11,14,16-17,22-23H,12-13,15H2,1-4H3. The Morgan fingerprint density at radius 1 is 0.800 bits per heavy atom. The largest absolute Gasteiger partial charge is 0.493 e. The lowest BCUT2D eigenvalue weighted by Gasteiger charge is -2.13. The molecule has 0 aliphatic heterocycles. The smallest absolute Gasteiger partial charge is 0.121 e. The second-order valence-electron chi connectivity index (χ2n) is 6.78. The van der Waals surface area contributed by atoms with Gasteiger partial charge < -0.3 is 20.1 Å². The van der Waals surface area contributed by atoms with Gasteiger partial charge in [-0.1, -0.05) is 19.9 Å². The molecule has 2 rings (SSSR count). The van der Waals surface area contributed by atoms with E-state index in [1.54, 1.807) is 0 Å². The van der Waals surface area contributed by atoms with Crippen LogP contribution in [0.2, 0.25) is 0 Å². The van der Waals surface area contributed by atoms with Crippen LogP contribution in [0, 0.1) is 5.92 Å². The Balaban J connectivity index is 1.73. The van der Waals surface area contributed by atoms with Gasteiger partial charge in [0.15, 0.2) is 0 Å². The summed E-state index contributed by atoms with van der Waals surface area (Å²) < 4.78 is 11.4. The fourth-order valence-electron chi connectivity index (χ4n) is 2.30. The first-order valence-corrected chi connectivity index (χ1v) is 9.00. The van der Waals surface area contributed by atoms with Crippen molar-refractivity contribution < 1.29 is 9.47 Å². The topological polar surface area (TPSA) is 42.5 Å². The van der Waals surface area contributed by atoms with Crippen LogP contribution in [0.4, 0.5) is 11.4 Å². The van der Waals surface area contributed by atoms with Crippen LogP contribution >= 0.6 is 0 Å². The highest BCUT2D eigenvalue weighted by Gasteiger charge is 2.00. The number of rotatable bonds is 10. The zero-order valence-electron chi connectivity index (χ0n) is 15.7. The van der Waals surface area contributed by atoms with Gasteiger partial charge in [0.1, 0.15) is 11.5 Å². The van der Waals surface area contributed by atoms with Gasteiger partial charge in [0.2, 0.25) is 0 Å². The Morgan fingerprint density at radius 2 is 1.48 bits per heavy atom. The van der Waals surface area contributed by atoms with Crippen LogP contribution in [-0.2, 0) is 0 Å². The lowest BCUT2D eigenvalue weighted by atomic mass is 10.2. The van der Waals surface area contributed by atoms with Crippen LogP contribution < -0.4 is 20.1 Å². The first-order valence-electron chi connectivity index (χ1n) is 9.00. The number of hydrogen-bond donors (Lipinski definition) is 2. The summed E-state index contributed by atoms with van der Waals surface area (Å²) in [5, 5.41) is 6.81. The van der Waals surface area contributed by atoms with E-state index in [4.69, 9.17) is 9.47 Å². The molecule has 0 aromatic heterocycles. The van der Waals surface area contributed by atoms with Crippen LogP contribution in [0.5, 0.6) is 11.5 Å². The minimum absolute atomic E-state index is 0.197. The molecule has 0 amide bonds. The summed E-state index contributed by atoms with van der Waals surface area (Å²) in [5.74, 6) is 2.34. The average Bonchev–Trinajstić information content (AvgIpc) is 2.58. The molecule has 0 radical (unpaired) electrons. The highest BCUT2D eigenvalue weighted by molar-refractivity contribution is 5.49. The van der Waals surface area contributed by atoms with Crippen LogP contribution in [0.1, 0.15) is 27.7 Å². The number of ether oxygens (including phenoxy) is 2. The lowest BCUT2D eigenvalue weighted by Crippen LogP contribution is -2.13. The van der Waals surface area contributed by atoms with Crippen molar-refractivity contribution in [3.8, 4) is 11.5 Å². The van der Waals surface area contributed by atoms with E-state index in [0.29, 0.717) is 5.92 Å². The Hall–Kier alpha value is -2.36. The third-order valence-corrected chi connectivity index (χ3v) is 3.43. The highest BCUT2D eigenvalue weighted by atomic mass is 16.5. The van der Waals surface area contributed by atoms with Gasteiger partial charge in [-0.3, -0.25) is 0 Å². The molecule has 136 valence electrons. The third-order valence-electron chi connectivity index (χ3n) is 3.43. The summed E-state index contributed by atoms with van der Waals surface area (Å²) >= 11 is 0. The van der Waals surface area contributed by atoms with Crippen molar-refractivity contribution in [2.45, 2.75) is 33.8 Å². The van der Waals surface area contributed by atoms with Crippen LogP contribution in [-0.4, -0.2) is 25.8 Å².